The summed E-state index contributed by atoms with van der Waals surface area (Å²) in [6.45, 7) is 6.08. The molecule has 9 nitrogen and oxygen atoms in total. The predicted octanol–water partition coefficient (Wildman–Crippen LogP) is 8.40. The molecule has 2 amide bonds. The summed E-state index contributed by atoms with van der Waals surface area (Å²) in [5.41, 5.74) is 3.43. The van der Waals surface area contributed by atoms with E-state index in [1.165, 1.54) is 5.56 Å². The van der Waals surface area contributed by atoms with Gasteiger partial charge in [-0.1, -0.05) is 117 Å². The Morgan fingerprint density at radius 2 is 1.09 bits per heavy atom. The third-order valence-corrected chi connectivity index (χ3v) is 7.14. The molecule has 0 spiro atoms. The number of esters is 1. The van der Waals surface area contributed by atoms with Crippen molar-refractivity contribution in [3.8, 4) is 0 Å². The van der Waals surface area contributed by atoms with Crippen molar-refractivity contribution in [2.45, 2.75) is 104 Å². The molecule has 0 aliphatic carbocycles. The van der Waals surface area contributed by atoms with Crippen LogP contribution >= 0.6 is 0 Å². The van der Waals surface area contributed by atoms with Gasteiger partial charge < -0.3 is 14.2 Å². The number of nitrogens with zero attached hydrogens (tertiary/aromatic N) is 1. The molecule has 0 atom stereocenters. The van der Waals surface area contributed by atoms with Gasteiger partial charge in [0.05, 0.1) is 6.54 Å². The normalized spacial score (nSPS) is 10.9. The fourth-order valence-corrected chi connectivity index (χ4v) is 4.80. The molecule has 3 aromatic rings. The second-order valence-corrected chi connectivity index (χ2v) is 12.4. The lowest BCUT2D eigenvalue weighted by Gasteiger charge is -2.19. The first-order valence-corrected chi connectivity index (χ1v) is 16.5. The largest absolute Gasteiger partial charge is 0.460 e. The number of amides is 2. The molecular formula is C38H49N3O6. The molecule has 252 valence electrons. The van der Waals surface area contributed by atoms with Crippen LogP contribution in [0.4, 0.5) is 9.59 Å². The molecule has 0 aliphatic rings. The Balaban J connectivity index is 1.48. The van der Waals surface area contributed by atoms with E-state index in [0.29, 0.717) is 6.42 Å². The number of unbranched alkanes of at least 4 members (excludes halogenated alkanes) is 6. The number of nitrogens with one attached hydrogen (secondary N) is 2. The third kappa shape index (κ3) is 16.5. The fraction of sp³-hybridized carbons (Fsp3) is 0.421. The van der Waals surface area contributed by atoms with E-state index in [-0.39, 0.29) is 31.7 Å². The van der Waals surface area contributed by atoms with E-state index < -0.39 is 17.8 Å². The van der Waals surface area contributed by atoms with Crippen molar-refractivity contribution < 1.29 is 28.6 Å². The summed E-state index contributed by atoms with van der Waals surface area (Å²) in [6.07, 6.45) is 7.34. The molecule has 3 rings (SSSR count). The minimum atomic E-state index is -0.742. The smallest absolute Gasteiger partial charge is 0.414 e. The summed E-state index contributed by atoms with van der Waals surface area (Å²) < 4.78 is 16.0. The Labute approximate surface area is 279 Å². The van der Waals surface area contributed by atoms with E-state index >= 15 is 0 Å². The zero-order valence-electron chi connectivity index (χ0n) is 28.0. The summed E-state index contributed by atoms with van der Waals surface area (Å²) in [6, 6.07) is 26.7. The maximum atomic E-state index is 12.6. The summed E-state index contributed by atoms with van der Waals surface area (Å²) in [5.74, 6) is -0.173. The van der Waals surface area contributed by atoms with Gasteiger partial charge in [0.25, 0.3) is 0 Å². The van der Waals surface area contributed by atoms with E-state index in [2.05, 4.69) is 21.7 Å². The number of aliphatic imine (C=N–C) groups is 1. The van der Waals surface area contributed by atoms with Gasteiger partial charge in [-0.25, -0.2) is 14.6 Å². The number of hydrogen-bond acceptors (Lipinski definition) is 7. The van der Waals surface area contributed by atoms with Crippen LogP contribution in [0.3, 0.4) is 0 Å². The van der Waals surface area contributed by atoms with Crippen LogP contribution in [0.1, 0.15) is 94.4 Å². The number of carbonyl (C=O) groups excluding carboxylic acids is 3. The fourth-order valence-electron chi connectivity index (χ4n) is 4.80. The van der Waals surface area contributed by atoms with E-state index in [1.807, 2.05) is 99.6 Å². The lowest BCUT2D eigenvalue weighted by Crippen LogP contribution is -2.44. The minimum absolute atomic E-state index is 0.0532. The lowest BCUT2D eigenvalue weighted by molar-refractivity contribution is -0.154. The maximum Gasteiger partial charge on any atom is 0.414 e. The van der Waals surface area contributed by atoms with E-state index in [4.69, 9.17) is 14.2 Å². The minimum Gasteiger partial charge on any atom is -0.460 e. The summed E-state index contributed by atoms with van der Waals surface area (Å²) in [5, 5.41) is 5.11. The van der Waals surface area contributed by atoms with Crippen molar-refractivity contribution in [1.82, 2.24) is 10.6 Å². The molecule has 0 aliphatic heterocycles. The van der Waals surface area contributed by atoms with Crippen LogP contribution in [0.5, 0.6) is 0 Å². The number of alkyl carbamates (subject to hydrolysis) is 2. The third-order valence-electron chi connectivity index (χ3n) is 7.14. The molecule has 0 saturated carbocycles. The van der Waals surface area contributed by atoms with Crippen LogP contribution in [-0.2, 0) is 45.2 Å². The van der Waals surface area contributed by atoms with Gasteiger partial charge in [-0.2, -0.15) is 0 Å². The lowest BCUT2D eigenvalue weighted by atomic mass is 10.00. The highest BCUT2D eigenvalue weighted by Crippen LogP contribution is 2.16. The molecule has 0 radical (unpaired) electrons. The van der Waals surface area contributed by atoms with Crippen LogP contribution in [0.15, 0.2) is 89.9 Å². The summed E-state index contributed by atoms with van der Waals surface area (Å²) in [4.78, 5) is 41.6. The molecule has 0 aromatic heterocycles. The first kappa shape index (κ1) is 36.8. The second-order valence-electron chi connectivity index (χ2n) is 12.4. The van der Waals surface area contributed by atoms with Crippen molar-refractivity contribution >= 4 is 24.1 Å². The van der Waals surface area contributed by atoms with Gasteiger partial charge in [0.15, 0.2) is 0 Å². The van der Waals surface area contributed by atoms with Crippen LogP contribution in [0.25, 0.3) is 0 Å². The van der Waals surface area contributed by atoms with Crippen LogP contribution in [0, 0.1) is 0 Å². The molecule has 0 saturated heterocycles. The van der Waals surface area contributed by atoms with Gasteiger partial charge in [0, 0.05) is 6.42 Å². The molecular weight excluding hydrogens is 594 g/mol. The first-order valence-electron chi connectivity index (χ1n) is 16.5. The highest BCUT2D eigenvalue weighted by Gasteiger charge is 2.16. The average Bonchev–Trinajstić information content (AvgIpc) is 3.05. The standard InChI is InChI=1S/C38H49N3O6/c1-38(2,3)47-34(42)26-16-8-6-4-5-7-15-23-32-24-17-18-25-33(32)27-39-35(40-36(43)45-28-30-19-11-9-12-20-30)41-37(44)46-29-31-21-13-10-14-22-31/h9-14,17-22,24-25H,4-8,15-16,23,26-29H2,1-3H3,(H2,39,40,41,43,44). The molecule has 2 N–H and O–H groups in total. The van der Waals surface area contributed by atoms with Crippen LogP contribution < -0.4 is 10.6 Å². The zero-order valence-corrected chi connectivity index (χ0v) is 28.0. The first-order chi connectivity index (χ1) is 22.7. The zero-order chi connectivity index (χ0) is 33.7. The van der Waals surface area contributed by atoms with Gasteiger partial charge >= 0.3 is 18.2 Å². The van der Waals surface area contributed by atoms with Crippen molar-refractivity contribution in [2.75, 3.05) is 0 Å². The topological polar surface area (TPSA) is 115 Å². The van der Waals surface area contributed by atoms with Crippen molar-refractivity contribution in [2.24, 2.45) is 4.99 Å². The van der Waals surface area contributed by atoms with Crippen LogP contribution in [-0.4, -0.2) is 29.7 Å². The van der Waals surface area contributed by atoms with E-state index in [9.17, 15) is 14.4 Å². The molecule has 47 heavy (non-hydrogen) atoms. The van der Waals surface area contributed by atoms with Gasteiger partial charge in [0.1, 0.15) is 18.8 Å². The Morgan fingerprint density at radius 3 is 1.62 bits per heavy atom. The molecule has 9 heteroatoms. The number of carbonyl (C=O) groups is 3. The van der Waals surface area contributed by atoms with Gasteiger partial charge in [0.2, 0.25) is 5.96 Å². The van der Waals surface area contributed by atoms with E-state index in [0.717, 1.165) is 68.1 Å². The molecule has 0 heterocycles. The Morgan fingerprint density at radius 1 is 0.617 bits per heavy atom. The van der Waals surface area contributed by atoms with Gasteiger partial charge in [-0.05, 0) is 62.3 Å². The number of ether oxygens (including phenoxy) is 3. The molecule has 3 aromatic carbocycles. The average molecular weight is 644 g/mol. The summed E-state index contributed by atoms with van der Waals surface area (Å²) in [7, 11) is 0. The Bertz CT molecular complexity index is 1340. The highest BCUT2D eigenvalue weighted by atomic mass is 16.6. The SMILES string of the molecule is CC(C)(C)OC(=O)CCCCCCCCCc1ccccc1CN=C(NC(=O)OCc1ccccc1)NC(=O)OCc1ccccc1. The predicted molar refractivity (Wildman–Crippen MR) is 184 cm³/mol. The molecule has 0 bridgehead atoms. The monoisotopic (exact) mass is 643 g/mol. The Kier molecular flexibility index (Phi) is 16.0. The molecule has 0 unspecified atom stereocenters. The van der Waals surface area contributed by atoms with E-state index in [1.54, 1.807) is 0 Å². The summed E-state index contributed by atoms with van der Waals surface area (Å²) >= 11 is 0. The number of rotatable bonds is 16. The van der Waals surface area contributed by atoms with Gasteiger partial charge in [-0.15, -0.1) is 0 Å². The van der Waals surface area contributed by atoms with Crippen LogP contribution in [0.2, 0.25) is 0 Å². The van der Waals surface area contributed by atoms with Crippen molar-refractivity contribution in [1.29, 1.82) is 0 Å². The number of benzene rings is 3. The second kappa shape index (κ2) is 20.5. The quantitative estimate of drug-likeness (QED) is 0.0533. The number of guanidine groups is 1. The van der Waals surface area contributed by atoms with Crippen molar-refractivity contribution in [3.05, 3.63) is 107 Å². The Hall–Kier alpha value is -4.66. The highest BCUT2D eigenvalue weighted by molar-refractivity contribution is 6.01. The molecule has 0 fully saturated rings. The van der Waals surface area contributed by atoms with Gasteiger partial charge in [-0.3, -0.25) is 15.4 Å². The van der Waals surface area contributed by atoms with Crippen molar-refractivity contribution in [3.63, 3.8) is 0 Å². The number of hydrogen-bond donors (Lipinski definition) is 2. The maximum absolute atomic E-state index is 12.6. The number of aryl methyl sites for hydroxylation is 1.